The zero-order chi connectivity index (χ0) is 14.8. The molecule has 0 amide bonds. The Morgan fingerprint density at radius 2 is 2.25 bits per heavy atom. The van der Waals surface area contributed by atoms with Crippen molar-refractivity contribution < 1.29 is 4.74 Å². The van der Waals surface area contributed by atoms with E-state index in [0.29, 0.717) is 5.92 Å². The Hall–Kier alpha value is -0.630. The van der Waals surface area contributed by atoms with Crippen molar-refractivity contribution >= 4 is 0 Å². The van der Waals surface area contributed by atoms with Crippen LogP contribution in [0, 0.1) is 17.2 Å². The van der Waals surface area contributed by atoms with Crippen molar-refractivity contribution in [2.75, 3.05) is 39.9 Å². The summed E-state index contributed by atoms with van der Waals surface area (Å²) in [5.41, 5.74) is -0.318. The van der Waals surface area contributed by atoms with Gasteiger partial charge in [0.2, 0.25) is 0 Å². The van der Waals surface area contributed by atoms with Crippen LogP contribution >= 0.6 is 0 Å². The van der Waals surface area contributed by atoms with Crippen molar-refractivity contribution in [1.29, 1.82) is 5.26 Å². The number of nitrogens with zero attached hydrogens (tertiary/aromatic N) is 2. The lowest BCUT2D eigenvalue weighted by Gasteiger charge is -2.27. The molecule has 2 unspecified atom stereocenters. The Balaban J connectivity index is 2.29. The van der Waals surface area contributed by atoms with E-state index in [-0.39, 0.29) is 5.54 Å². The summed E-state index contributed by atoms with van der Waals surface area (Å²) in [6.07, 6.45) is 5.26. The molecule has 0 bridgehead atoms. The van der Waals surface area contributed by atoms with Crippen LogP contribution in [0.5, 0.6) is 0 Å². The number of likely N-dealkylation sites (tertiary alicyclic amines) is 1. The van der Waals surface area contributed by atoms with E-state index in [2.05, 4.69) is 30.1 Å². The van der Waals surface area contributed by atoms with E-state index in [1.807, 2.05) is 0 Å². The quantitative estimate of drug-likeness (QED) is 0.668. The van der Waals surface area contributed by atoms with E-state index >= 15 is 0 Å². The predicted molar refractivity (Wildman–Crippen MR) is 82.6 cm³/mol. The second-order valence-corrected chi connectivity index (χ2v) is 5.99. The monoisotopic (exact) mass is 281 g/mol. The lowest BCUT2D eigenvalue weighted by Crippen LogP contribution is -2.44. The van der Waals surface area contributed by atoms with Crippen LogP contribution in [0.1, 0.15) is 46.0 Å². The van der Waals surface area contributed by atoms with E-state index in [9.17, 15) is 5.26 Å². The molecule has 20 heavy (non-hydrogen) atoms. The molecule has 1 aliphatic heterocycles. The highest BCUT2D eigenvalue weighted by Gasteiger charge is 2.27. The molecule has 1 fully saturated rings. The van der Waals surface area contributed by atoms with Gasteiger partial charge in [-0.25, -0.2) is 0 Å². The van der Waals surface area contributed by atoms with Crippen LogP contribution in [-0.2, 0) is 4.74 Å². The fourth-order valence-corrected chi connectivity index (χ4v) is 3.02. The maximum absolute atomic E-state index is 9.46. The minimum atomic E-state index is -0.318. The average molecular weight is 281 g/mol. The van der Waals surface area contributed by atoms with Crippen LogP contribution in [0.4, 0.5) is 0 Å². The van der Waals surface area contributed by atoms with Gasteiger partial charge in [-0.3, -0.25) is 5.32 Å². The number of hydrogen-bond donors (Lipinski definition) is 1. The summed E-state index contributed by atoms with van der Waals surface area (Å²) in [4.78, 5) is 2.52. The molecule has 0 aliphatic carbocycles. The average Bonchev–Trinajstić information content (AvgIpc) is 2.91. The molecular formula is C16H31N3O. The van der Waals surface area contributed by atoms with Gasteiger partial charge < -0.3 is 9.64 Å². The van der Waals surface area contributed by atoms with E-state index < -0.39 is 0 Å². The van der Waals surface area contributed by atoms with Crippen LogP contribution in [0.3, 0.4) is 0 Å². The van der Waals surface area contributed by atoms with Gasteiger partial charge in [0.05, 0.1) is 12.7 Å². The minimum Gasteiger partial charge on any atom is -0.384 e. The van der Waals surface area contributed by atoms with Crippen molar-refractivity contribution in [3.8, 4) is 6.07 Å². The smallest absolute Gasteiger partial charge is 0.106 e. The molecule has 0 spiro atoms. The first-order valence-electron chi connectivity index (χ1n) is 8.07. The fraction of sp³-hybridized carbons (Fsp3) is 0.938. The molecule has 4 heteroatoms. The van der Waals surface area contributed by atoms with Gasteiger partial charge in [0.1, 0.15) is 5.54 Å². The van der Waals surface area contributed by atoms with E-state index in [4.69, 9.17) is 4.74 Å². The van der Waals surface area contributed by atoms with Gasteiger partial charge >= 0.3 is 0 Å². The number of rotatable bonds is 10. The molecule has 1 rings (SSSR count). The summed E-state index contributed by atoms with van der Waals surface area (Å²) in [6.45, 7) is 9.51. The fourth-order valence-electron chi connectivity index (χ4n) is 3.02. The predicted octanol–water partition coefficient (Wildman–Crippen LogP) is 2.41. The van der Waals surface area contributed by atoms with Gasteiger partial charge in [-0.05, 0) is 57.7 Å². The van der Waals surface area contributed by atoms with Gasteiger partial charge in [0.25, 0.3) is 0 Å². The van der Waals surface area contributed by atoms with Gasteiger partial charge in [-0.1, -0.05) is 13.8 Å². The normalized spacial score (nSPS) is 22.6. The molecule has 4 nitrogen and oxygen atoms in total. The van der Waals surface area contributed by atoms with Crippen molar-refractivity contribution in [3.63, 3.8) is 0 Å². The van der Waals surface area contributed by atoms with Crippen LogP contribution in [0.25, 0.3) is 0 Å². The van der Waals surface area contributed by atoms with Gasteiger partial charge in [0.15, 0.2) is 0 Å². The molecule has 0 radical (unpaired) electrons. The zero-order valence-electron chi connectivity index (χ0n) is 13.5. The third-order valence-electron chi connectivity index (χ3n) is 4.38. The number of ether oxygens (including phenoxy) is 1. The second kappa shape index (κ2) is 9.33. The highest BCUT2D eigenvalue weighted by molar-refractivity contribution is 5.06. The lowest BCUT2D eigenvalue weighted by molar-refractivity contribution is 0.152. The first-order valence-corrected chi connectivity index (χ1v) is 8.07. The molecule has 0 saturated carbocycles. The Kier molecular flexibility index (Phi) is 8.13. The van der Waals surface area contributed by atoms with Crippen LogP contribution < -0.4 is 5.32 Å². The highest BCUT2D eigenvalue weighted by atomic mass is 16.5. The zero-order valence-corrected chi connectivity index (χ0v) is 13.5. The first kappa shape index (κ1) is 17.4. The summed E-state index contributed by atoms with van der Waals surface area (Å²) in [7, 11) is 1.78. The minimum absolute atomic E-state index is 0.318. The third-order valence-corrected chi connectivity index (χ3v) is 4.38. The van der Waals surface area contributed by atoms with Crippen molar-refractivity contribution in [1.82, 2.24) is 10.2 Å². The van der Waals surface area contributed by atoms with Crippen molar-refractivity contribution in [2.24, 2.45) is 5.92 Å². The van der Waals surface area contributed by atoms with E-state index in [1.54, 1.807) is 7.11 Å². The maximum atomic E-state index is 9.46. The molecule has 0 aromatic heterocycles. The summed E-state index contributed by atoms with van der Waals surface area (Å²) in [6, 6.07) is 2.50. The van der Waals surface area contributed by atoms with Crippen LogP contribution in [-0.4, -0.2) is 50.3 Å². The van der Waals surface area contributed by atoms with Gasteiger partial charge in [0, 0.05) is 13.7 Å². The first-order chi connectivity index (χ1) is 9.69. The number of methoxy groups -OCH3 is 1. The standard InChI is InChI=1S/C16H31N3O/c1-4-9-18-16(5-2,14-17)8-6-10-19-11-7-15(12-19)13-20-3/h15,18H,4-13H2,1-3H3. The SMILES string of the molecule is CCCNC(C#N)(CC)CCCN1CCC(COC)C1. The Morgan fingerprint density at radius 3 is 2.85 bits per heavy atom. The molecule has 1 N–H and O–H groups in total. The summed E-state index contributed by atoms with van der Waals surface area (Å²) in [5, 5.41) is 12.9. The van der Waals surface area contributed by atoms with E-state index in [0.717, 1.165) is 51.9 Å². The molecule has 1 aliphatic rings. The molecule has 2 atom stereocenters. The lowest BCUT2D eigenvalue weighted by atomic mass is 9.91. The largest absolute Gasteiger partial charge is 0.384 e. The highest BCUT2D eigenvalue weighted by Crippen LogP contribution is 2.20. The number of nitriles is 1. The third kappa shape index (κ3) is 5.40. The van der Waals surface area contributed by atoms with Crippen LogP contribution in [0.2, 0.25) is 0 Å². The molecule has 0 aromatic rings. The van der Waals surface area contributed by atoms with Gasteiger partial charge in [-0.15, -0.1) is 0 Å². The number of nitrogens with one attached hydrogen (secondary N) is 1. The van der Waals surface area contributed by atoms with Crippen molar-refractivity contribution in [2.45, 2.75) is 51.5 Å². The topological polar surface area (TPSA) is 48.3 Å². The van der Waals surface area contributed by atoms with Crippen molar-refractivity contribution in [3.05, 3.63) is 0 Å². The maximum Gasteiger partial charge on any atom is 0.106 e. The van der Waals surface area contributed by atoms with Gasteiger partial charge in [-0.2, -0.15) is 5.26 Å². The Bertz CT molecular complexity index is 303. The van der Waals surface area contributed by atoms with E-state index in [1.165, 1.54) is 13.0 Å². The summed E-state index contributed by atoms with van der Waals surface area (Å²) < 4.78 is 5.23. The van der Waals surface area contributed by atoms with Crippen LogP contribution in [0.15, 0.2) is 0 Å². The number of hydrogen-bond acceptors (Lipinski definition) is 4. The molecule has 116 valence electrons. The molecular weight excluding hydrogens is 250 g/mol. The molecule has 1 saturated heterocycles. The molecule has 1 heterocycles. The summed E-state index contributed by atoms with van der Waals surface area (Å²) >= 11 is 0. The second-order valence-electron chi connectivity index (χ2n) is 5.99. The Labute approximate surface area is 124 Å². The molecule has 0 aromatic carbocycles. The summed E-state index contributed by atoms with van der Waals surface area (Å²) in [5.74, 6) is 0.699. The Morgan fingerprint density at radius 1 is 1.45 bits per heavy atom.